The molecule has 1 fully saturated rings. The highest BCUT2D eigenvalue weighted by molar-refractivity contribution is 6.31. The number of pyridine rings is 1. The number of piperidine rings is 1. The molecule has 3 heterocycles. The van der Waals surface area contributed by atoms with E-state index >= 15 is 0 Å². The molecule has 0 radical (unpaired) electrons. The minimum atomic E-state index is -0.415. The Balaban J connectivity index is 1.49. The number of hydrogen-bond donors (Lipinski definition) is 0. The average Bonchev–Trinajstić information content (AvgIpc) is 2.55. The molecule has 2 aromatic heterocycles. The van der Waals surface area contributed by atoms with Crippen LogP contribution in [0.4, 0.5) is 10.3 Å². The first-order valence-electron chi connectivity index (χ1n) is 7.17. The van der Waals surface area contributed by atoms with Gasteiger partial charge in [0.2, 0.25) is 5.95 Å². The Morgan fingerprint density at radius 1 is 1.23 bits per heavy atom. The molecule has 1 saturated heterocycles. The average molecular weight is 323 g/mol. The molecular formula is C15H16ClFN4O. The van der Waals surface area contributed by atoms with Crippen LogP contribution in [0.5, 0.6) is 5.75 Å². The van der Waals surface area contributed by atoms with Gasteiger partial charge in [-0.05, 0) is 18.8 Å². The maximum absolute atomic E-state index is 12.8. The summed E-state index contributed by atoms with van der Waals surface area (Å²) in [6.45, 7) is 2.30. The van der Waals surface area contributed by atoms with Crippen LogP contribution >= 0.6 is 11.6 Å². The third kappa shape index (κ3) is 3.62. The minimum Gasteiger partial charge on any atom is -0.492 e. The second kappa shape index (κ2) is 6.87. The summed E-state index contributed by atoms with van der Waals surface area (Å²) < 4.78 is 18.6. The maximum atomic E-state index is 12.8. The van der Waals surface area contributed by atoms with Crippen LogP contribution in [-0.4, -0.2) is 34.6 Å². The van der Waals surface area contributed by atoms with Crippen molar-refractivity contribution in [2.75, 3.05) is 24.6 Å². The second-order valence-electron chi connectivity index (χ2n) is 5.25. The van der Waals surface area contributed by atoms with Crippen molar-refractivity contribution in [2.24, 2.45) is 5.92 Å². The van der Waals surface area contributed by atoms with Gasteiger partial charge >= 0.3 is 0 Å². The van der Waals surface area contributed by atoms with Crippen molar-refractivity contribution in [1.82, 2.24) is 15.0 Å². The van der Waals surface area contributed by atoms with E-state index in [1.54, 1.807) is 18.5 Å². The lowest BCUT2D eigenvalue weighted by molar-refractivity contribution is 0.222. The largest absolute Gasteiger partial charge is 0.492 e. The molecular weight excluding hydrogens is 307 g/mol. The summed E-state index contributed by atoms with van der Waals surface area (Å²) in [6, 6.07) is 1.77. The van der Waals surface area contributed by atoms with Crippen LogP contribution in [0.15, 0.2) is 30.9 Å². The van der Waals surface area contributed by atoms with Gasteiger partial charge in [-0.3, -0.25) is 4.98 Å². The van der Waals surface area contributed by atoms with E-state index in [9.17, 15) is 4.39 Å². The van der Waals surface area contributed by atoms with Crippen LogP contribution in [-0.2, 0) is 0 Å². The van der Waals surface area contributed by atoms with Gasteiger partial charge in [-0.1, -0.05) is 11.6 Å². The molecule has 0 aromatic carbocycles. The van der Waals surface area contributed by atoms with Gasteiger partial charge in [-0.2, -0.15) is 0 Å². The molecule has 0 bridgehead atoms. The smallest absolute Gasteiger partial charge is 0.225 e. The number of halogens is 2. The Labute approximate surface area is 133 Å². The molecule has 2 aromatic rings. The highest BCUT2D eigenvalue weighted by Crippen LogP contribution is 2.25. The number of aromatic nitrogens is 3. The summed E-state index contributed by atoms with van der Waals surface area (Å²) in [5.74, 6) is 1.29. The molecule has 0 spiro atoms. The van der Waals surface area contributed by atoms with Crippen molar-refractivity contribution in [1.29, 1.82) is 0 Å². The maximum Gasteiger partial charge on any atom is 0.225 e. The highest BCUT2D eigenvalue weighted by Gasteiger charge is 2.21. The Morgan fingerprint density at radius 2 is 1.95 bits per heavy atom. The number of rotatable bonds is 4. The van der Waals surface area contributed by atoms with Crippen LogP contribution in [0.1, 0.15) is 12.8 Å². The van der Waals surface area contributed by atoms with Gasteiger partial charge in [-0.15, -0.1) is 0 Å². The molecule has 3 rings (SSSR count). The summed E-state index contributed by atoms with van der Waals surface area (Å²) in [5.41, 5.74) is 0. The van der Waals surface area contributed by atoms with Crippen molar-refractivity contribution in [2.45, 2.75) is 12.8 Å². The van der Waals surface area contributed by atoms with E-state index in [1.807, 2.05) is 0 Å². The van der Waals surface area contributed by atoms with E-state index in [0.29, 0.717) is 29.2 Å². The predicted molar refractivity (Wildman–Crippen MR) is 81.7 cm³/mol. The standard InChI is InChI=1S/C15H16ClFN4O/c16-13-9-18-4-1-14(13)22-10-11-2-5-21(6-3-11)15-19-7-12(17)8-20-15/h1,4,7-9,11H,2-3,5-6,10H2. The van der Waals surface area contributed by atoms with Gasteiger partial charge < -0.3 is 9.64 Å². The summed E-state index contributed by atoms with van der Waals surface area (Å²) >= 11 is 6.02. The lowest BCUT2D eigenvalue weighted by Gasteiger charge is -2.31. The van der Waals surface area contributed by atoms with Gasteiger partial charge in [-0.25, -0.2) is 14.4 Å². The van der Waals surface area contributed by atoms with E-state index < -0.39 is 5.82 Å². The van der Waals surface area contributed by atoms with Gasteiger partial charge in [0.1, 0.15) is 10.8 Å². The van der Waals surface area contributed by atoms with Gasteiger partial charge in [0, 0.05) is 31.5 Å². The monoisotopic (exact) mass is 322 g/mol. The number of ether oxygens (including phenoxy) is 1. The van der Waals surface area contributed by atoms with Crippen LogP contribution < -0.4 is 9.64 Å². The van der Waals surface area contributed by atoms with E-state index in [4.69, 9.17) is 16.3 Å². The van der Waals surface area contributed by atoms with E-state index in [0.717, 1.165) is 25.9 Å². The highest BCUT2D eigenvalue weighted by atomic mass is 35.5. The zero-order valence-electron chi connectivity index (χ0n) is 12.0. The summed E-state index contributed by atoms with van der Waals surface area (Å²) in [5, 5.41) is 0.527. The first kappa shape index (κ1) is 15.0. The fourth-order valence-corrected chi connectivity index (χ4v) is 2.63. The molecule has 5 nitrogen and oxygen atoms in total. The first-order valence-corrected chi connectivity index (χ1v) is 7.55. The van der Waals surface area contributed by atoms with Crippen LogP contribution in [0.25, 0.3) is 0 Å². The van der Waals surface area contributed by atoms with Crippen molar-refractivity contribution in [3.63, 3.8) is 0 Å². The topological polar surface area (TPSA) is 51.1 Å². The van der Waals surface area contributed by atoms with Crippen LogP contribution in [0, 0.1) is 11.7 Å². The Kier molecular flexibility index (Phi) is 4.68. The van der Waals surface area contributed by atoms with Gasteiger partial charge in [0.15, 0.2) is 5.82 Å². The number of nitrogens with zero attached hydrogens (tertiary/aromatic N) is 4. The van der Waals surface area contributed by atoms with Crippen LogP contribution in [0.3, 0.4) is 0 Å². The van der Waals surface area contributed by atoms with E-state index in [-0.39, 0.29) is 0 Å². The third-order valence-corrected chi connectivity index (χ3v) is 4.00. The van der Waals surface area contributed by atoms with Gasteiger partial charge in [0.25, 0.3) is 0 Å². The summed E-state index contributed by atoms with van der Waals surface area (Å²) in [6.07, 6.45) is 7.58. The molecule has 0 amide bonds. The van der Waals surface area contributed by atoms with Crippen molar-refractivity contribution >= 4 is 17.5 Å². The van der Waals surface area contributed by atoms with Gasteiger partial charge in [0.05, 0.1) is 19.0 Å². The summed E-state index contributed by atoms with van der Waals surface area (Å²) in [7, 11) is 0. The molecule has 0 aliphatic carbocycles. The molecule has 0 unspecified atom stereocenters. The molecule has 0 saturated carbocycles. The number of anilines is 1. The normalized spacial score (nSPS) is 15.8. The van der Waals surface area contributed by atoms with Crippen molar-refractivity contribution in [3.8, 4) is 5.75 Å². The fraction of sp³-hybridized carbons (Fsp3) is 0.400. The molecule has 22 heavy (non-hydrogen) atoms. The van der Waals surface area contributed by atoms with Crippen molar-refractivity contribution in [3.05, 3.63) is 41.7 Å². The molecule has 0 N–H and O–H groups in total. The van der Waals surface area contributed by atoms with E-state index in [1.165, 1.54) is 12.4 Å². The Bertz CT molecular complexity index is 617. The zero-order chi connectivity index (χ0) is 15.4. The summed E-state index contributed by atoms with van der Waals surface area (Å²) in [4.78, 5) is 14.0. The SMILES string of the molecule is Fc1cnc(N2CCC(COc3ccncc3Cl)CC2)nc1. The zero-order valence-corrected chi connectivity index (χ0v) is 12.7. The van der Waals surface area contributed by atoms with Crippen molar-refractivity contribution < 1.29 is 9.13 Å². The Morgan fingerprint density at radius 3 is 2.64 bits per heavy atom. The number of hydrogen-bond acceptors (Lipinski definition) is 5. The first-order chi connectivity index (χ1) is 10.7. The predicted octanol–water partition coefficient (Wildman–Crippen LogP) is 2.96. The van der Waals surface area contributed by atoms with E-state index in [2.05, 4.69) is 19.9 Å². The Hall–Kier alpha value is -1.95. The fourth-order valence-electron chi connectivity index (χ4n) is 2.46. The molecule has 1 aliphatic heterocycles. The molecule has 116 valence electrons. The molecule has 1 aliphatic rings. The lowest BCUT2D eigenvalue weighted by atomic mass is 9.98. The quantitative estimate of drug-likeness (QED) is 0.866. The lowest BCUT2D eigenvalue weighted by Crippen LogP contribution is -2.36. The second-order valence-corrected chi connectivity index (χ2v) is 5.66. The minimum absolute atomic E-state index is 0.415. The van der Waals surface area contributed by atoms with Crippen LogP contribution in [0.2, 0.25) is 5.02 Å². The molecule has 7 heteroatoms. The third-order valence-electron chi connectivity index (χ3n) is 3.71. The molecule has 0 atom stereocenters.